The van der Waals surface area contributed by atoms with Crippen LogP contribution in [0.25, 0.3) is 0 Å². The summed E-state index contributed by atoms with van der Waals surface area (Å²) in [7, 11) is 0. The maximum Gasteiger partial charge on any atom is 0.164 e. The quantitative estimate of drug-likeness (QED) is 0.809. The molecule has 0 aliphatic carbocycles. The van der Waals surface area contributed by atoms with E-state index in [1.54, 1.807) is 30.6 Å². The first-order valence-corrected chi connectivity index (χ1v) is 6.98. The van der Waals surface area contributed by atoms with Gasteiger partial charge in [0.15, 0.2) is 5.78 Å². The third-order valence-electron chi connectivity index (χ3n) is 3.52. The van der Waals surface area contributed by atoms with Gasteiger partial charge in [-0.05, 0) is 12.1 Å². The van der Waals surface area contributed by atoms with Crippen LogP contribution in [0.4, 0.5) is 0 Å². The summed E-state index contributed by atoms with van der Waals surface area (Å²) in [5.74, 6) is 1.09. The average molecular weight is 291 g/mol. The Balaban J connectivity index is 1.57. The van der Waals surface area contributed by atoms with Crippen molar-refractivity contribution in [2.45, 2.75) is 19.5 Å². The van der Waals surface area contributed by atoms with Crippen molar-refractivity contribution >= 4 is 17.4 Å². The molecule has 20 heavy (non-hydrogen) atoms. The molecule has 0 bridgehead atoms. The lowest BCUT2D eigenvalue weighted by Gasteiger charge is -2.26. The van der Waals surface area contributed by atoms with Gasteiger partial charge in [-0.3, -0.25) is 9.69 Å². The molecule has 0 N–H and O–H groups in total. The summed E-state index contributed by atoms with van der Waals surface area (Å²) < 4.78 is 2.05. The molecule has 1 aliphatic rings. The second-order valence-electron chi connectivity index (χ2n) is 4.90. The molecule has 0 amide bonds. The minimum absolute atomic E-state index is 0.125. The highest BCUT2D eigenvalue weighted by molar-refractivity contribution is 6.31. The van der Waals surface area contributed by atoms with E-state index < -0.39 is 0 Å². The Kier molecular flexibility index (Phi) is 3.80. The van der Waals surface area contributed by atoms with Crippen molar-refractivity contribution in [3.63, 3.8) is 0 Å². The van der Waals surface area contributed by atoms with Crippen LogP contribution in [0.2, 0.25) is 5.02 Å². The summed E-state index contributed by atoms with van der Waals surface area (Å²) in [6, 6.07) is 7.10. The van der Waals surface area contributed by atoms with Crippen molar-refractivity contribution in [2.24, 2.45) is 0 Å². The van der Waals surface area contributed by atoms with Gasteiger partial charge in [-0.15, -0.1) is 10.2 Å². The molecule has 1 aromatic heterocycles. The van der Waals surface area contributed by atoms with Crippen LogP contribution in [-0.4, -0.2) is 38.5 Å². The van der Waals surface area contributed by atoms with E-state index in [4.69, 9.17) is 11.6 Å². The van der Waals surface area contributed by atoms with E-state index in [1.807, 2.05) is 0 Å². The first-order valence-electron chi connectivity index (χ1n) is 6.60. The highest BCUT2D eigenvalue weighted by Gasteiger charge is 2.18. The van der Waals surface area contributed by atoms with Gasteiger partial charge in [0.05, 0.1) is 6.54 Å². The van der Waals surface area contributed by atoms with Crippen LogP contribution in [0.5, 0.6) is 0 Å². The van der Waals surface area contributed by atoms with Gasteiger partial charge in [0, 0.05) is 36.6 Å². The van der Waals surface area contributed by atoms with E-state index in [0.717, 1.165) is 32.0 Å². The van der Waals surface area contributed by atoms with Crippen LogP contribution in [0.15, 0.2) is 30.6 Å². The van der Waals surface area contributed by atoms with Crippen LogP contribution in [-0.2, 0) is 13.1 Å². The lowest BCUT2D eigenvalue weighted by molar-refractivity contribution is 0.0955. The Morgan fingerprint density at radius 2 is 2.25 bits per heavy atom. The number of hydrogen-bond acceptors (Lipinski definition) is 4. The summed E-state index contributed by atoms with van der Waals surface area (Å²) in [6.07, 6.45) is 2.25. The molecule has 104 valence electrons. The zero-order valence-electron chi connectivity index (χ0n) is 11.0. The molecule has 2 heterocycles. The molecule has 0 saturated carbocycles. The summed E-state index contributed by atoms with van der Waals surface area (Å²) in [5.41, 5.74) is 0.678. The smallest absolute Gasteiger partial charge is 0.164 e. The number of carbonyl (C=O) groups excluding carboxylic acids is 1. The van der Waals surface area contributed by atoms with Gasteiger partial charge in [0.2, 0.25) is 0 Å². The van der Waals surface area contributed by atoms with Gasteiger partial charge >= 0.3 is 0 Å². The van der Waals surface area contributed by atoms with Crippen LogP contribution in [0.3, 0.4) is 0 Å². The number of halogens is 1. The fourth-order valence-electron chi connectivity index (χ4n) is 2.37. The molecule has 1 aliphatic heterocycles. The van der Waals surface area contributed by atoms with Gasteiger partial charge in [-0.1, -0.05) is 23.7 Å². The van der Waals surface area contributed by atoms with Crippen molar-refractivity contribution in [1.29, 1.82) is 0 Å². The second-order valence-corrected chi connectivity index (χ2v) is 5.34. The molecule has 0 atom stereocenters. The van der Waals surface area contributed by atoms with Crippen molar-refractivity contribution in [1.82, 2.24) is 19.7 Å². The molecule has 0 fully saturated rings. The molecule has 0 radical (unpaired) electrons. The fraction of sp³-hybridized carbons (Fsp3) is 0.357. The van der Waals surface area contributed by atoms with Gasteiger partial charge in [-0.2, -0.15) is 0 Å². The zero-order chi connectivity index (χ0) is 13.9. The fourth-order valence-corrected chi connectivity index (χ4v) is 2.56. The Labute approximate surface area is 122 Å². The molecule has 2 aromatic rings. The predicted molar refractivity (Wildman–Crippen MR) is 75.7 cm³/mol. The summed E-state index contributed by atoms with van der Waals surface area (Å²) in [6.45, 7) is 3.29. The molecular weight excluding hydrogens is 276 g/mol. The van der Waals surface area contributed by atoms with Crippen LogP contribution in [0, 0.1) is 0 Å². The molecular formula is C14H15ClN4O. The first-order chi connectivity index (χ1) is 9.72. The average Bonchev–Trinajstić information content (AvgIpc) is 2.92. The van der Waals surface area contributed by atoms with E-state index >= 15 is 0 Å². The van der Waals surface area contributed by atoms with E-state index in [1.165, 1.54) is 0 Å². The van der Waals surface area contributed by atoms with Crippen molar-refractivity contribution in [3.05, 3.63) is 47.0 Å². The first kappa shape index (κ1) is 13.3. The lowest BCUT2D eigenvalue weighted by Crippen LogP contribution is -2.35. The normalized spacial score (nSPS) is 15.1. The molecule has 0 saturated heterocycles. The summed E-state index contributed by atoms with van der Waals surface area (Å²) in [5, 5.41) is 8.57. The lowest BCUT2D eigenvalue weighted by atomic mass is 10.1. The number of benzene rings is 1. The molecule has 0 unspecified atom stereocenters. The minimum Gasteiger partial charge on any atom is -0.315 e. The highest BCUT2D eigenvalue weighted by atomic mass is 35.5. The maximum atomic E-state index is 12.1. The molecule has 6 heteroatoms. The minimum atomic E-state index is 0.125. The number of carbonyl (C=O) groups is 1. The monoisotopic (exact) mass is 290 g/mol. The third-order valence-corrected chi connectivity index (χ3v) is 3.75. The van der Waals surface area contributed by atoms with Gasteiger partial charge < -0.3 is 4.57 Å². The van der Waals surface area contributed by atoms with E-state index in [-0.39, 0.29) is 5.78 Å². The molecule has 0 spiro atoms. The van der Waals surface area contributed by atoms with Crippen molar-refractivity contribution in [2.75, 3.05) is 13.1 Å². The zero-order valence-corrected chi connectivity index (χ0v) is 11.8. The van der Waals surface area contributed by atoms with Gasteiger partial charge in [-0.25, -0.2) is 0 Å². The van der Waals surface area contributed by atoms with Crippen LogP contribution in [0.1, 0.15) is 22.6 Å². The van der Waals surface area contributed by atoms with Gasteiger partial charge in [0.25, 0.3) is 0 Å². The summed E-state index contributed by atoms with van der Waals surface area (Å²) >= 11 is 5.90. The topological polar surface area (TPSA) is 51.0 Å². The predicted octanol–water partition coefficient (Wildman–Crippen LogP) is 2.02. The van der Waals surface area contributed by atoms with E-state index in [2.05, 4.69) is 19.7 Å². The number of nitrogens with zero attached hydrogens (tertiary/aromatic N) is 4. The van der Waals surface area contributed by atoms with E-state index in [9.17, 15) is 4.79 Å². The number of aromatic nitrogens is 3. The van der Waals surface area contributed by atoms with Gasteiger partial charge in [0.1, 0.15) is 12.2 Å². The maximum absolute atomic E-state index is 12.1. The largest absolute Gasteiger partial charge is 0.315 e. The number of rotatable bonds is 4. The Morgan fingerprint density at radius 1 is 1.35 bits per heavy atom. The van der Waals surface area contributed by atoms with Crippen molar-refractivity contribution < 1.29 is 4.79 Å². The summed E-state index contributed by atoms with van der Waals surface area (Å²) in [4.78, 5) is 14.3. The van der Waals surface area contributed by atoms with E-state index in [0.29, 0.717) is 17.0 Å². The molecule has 3 rings (SSSR count). The number of Topliss-reactive ketones (excluding diaryl/α,β-unsaturated/α-hetero) is 1. The number of fused-ring (bicyclic) bond motifs is 1. The third kappa shape index (κ3) is 2.89. The molecule has 1 aromatic carbocycles. The van der Waals surface area contributed by atoms with Crippen LogP contribution < -0.4 is 0 Å². The van der Waals surface area contributed by atoms with Crippen molar-refractivity contribution in [3.8, 4) is 0 Å². The Hall–Kier alpha value is -1.72. The number of hydrogen-bond donors (Lipinski definition) is 0. The second kappa shape index (κ2) is 5.73. The SMILES string of the molecule is O=C(CCN1CCn2cnnc2C1)c1cccc(Cl)c1. The highest BCUT2D eigenvalue weighted by Crippen LogP contribution is 2.14. The number of ketones is 1. The molecule has 5 nitrogen and oxygen atoms in total. The van der Waals surface area contributed by atoms with Crippen LogP contribution >= 0.6 is 11.6 Å². The standard InChI is InChI=1S/C14H15ClN4O/c15-12-3-1-2-11(8-12)13(20)4-5-18-6-7-19-10-16-17-14(19)9-18/h1-3,8,10H,4-7,9H2. The Morgan fingerprint density at radius 3 is 3.10 bits per heavy atom. The Bertz CT molecular complexity index is 625.